The van der Waals surface area contributed by atoms with Gasteiger partial charge in [-0.1, -0.05) is 24.6 Å². The molecular weight excluding hydrogens is 396 g/mol. The van der Waals surface area contributed by atoms with E-state index in [2.05, 4.69) is 5.32 Å². The Morgan fingerprint density at radius 1 is 1.10 bits per heavy atom. The van der Waals surface area contributed by atoms with Gasteiger partial charge in [0.2, 0.25) is 0 Å². The maximum absolute atomic E-state index is 12.9. The van der Waals surface area contributed by atoms with Gasteiger partial charge in [0, 0.05) is 0 Å². The van der Waals surface area contributed by atoms with E-state index in [0.717, 1.165) is 11.3 Å². The van der Waals surface area contributed by atoms with Crippen LogP contribution in [0.1, 0.15) is 18.9 Å². The Morgan fingerprint density at radius 2 is 1.83 bits per heavy atom. The Balaban J connectivity index is 1.90. The first-order chi connectivity index (χ1) is 13.9. The highest BCUT2D eigenvalue weighted by atomic mass is 35.5. The van der Waals surface area contributed by atoms with E-state index in [-0.39, 0.29) is 5.57 Å². The van der Waals surface area contributed by atoms with Gasteiger partial charge in [0.1, 0.15) is 17.1 Å². The molecule has 1 N–H and O–H groups in total. The van der Waals surface area contributed by atoms with Gasteiger partial charge in [-0.25, -0.2) is 9.69 Å². The lowest BCUT2D eigenvalue weighted by atomic mass is 10.1. The van der Waals surface area contributed by atoms with Crippen molar-refractivity contribution in [1.29, 1.82) is 0 Å². The lowest BCUT2D eigenvalue weighted by Crippen LogP contribution is -2.54. The summed E-state index contributed by atoms with van der Waals surface area (Å²) < 4.78 is 10.6. The van der Waals surface area contributed by atoms with Crippen molar-refractivity contribution in [1.82, 2.24) is 5.32 Å². The largest absolute Gasteiger partial charge is 0.495 e. The minimum atomic E-state index is -0.813. The topological polar surface area (TPSA) is 84.9 Å². The van der Waals surface area contributed by atoms with Crippen molar-refractivity contribution in [3.8, 4) is 11.5 Å². The summed E-state index contributed by atoms with van der Waals surface area (Å²) in [4.78, 5) is 38.3. The Morgan fingerprint density at radius 3 is 2.45 bits per heavy atom. The van der Waals surface area contributed by atoms with Crippen LogP contribution in [-0.4, -0.2) is 31.6 Å². The molecule has 0 radical (unpaired) electrons. The number of imide groups is 2. The summed E-state index contributed by atoms with van der Waals surface area (Å²) in [5.74, 6) is -0.408. The number of carbonyl (C=O) groups is 3. The lowest BCUT2D eigenvalue weighted by Gasteiger charge is -2.26. The van der Waals surface area contributed by atoms with Crippen molar-refractivity contribution in [2.24, 2.45) is 0 Å². The van der Waals surface area contributed by atoms with E-state index in [1.165, 1.54) is 13.2 Å². The van der Waals surface area contributed by atoms with Crippen LogP contribution in [0.15, 0.2) is 48.0 Å². The van der Waals surface area contributed by atoms with Crippen molar-refractivity contribution in [3.63, 3.8) is 0 Å². The number of rotatable bonds is 6. The Hall–Kier alpha value is -3.32. The summed E-state index contributed by atoms with van der Waals surface area (Å²) in [5, 5.41) is 2.52. The average Bonchev–Trinajstić information content (AvgIpc) is 2.70. The number of urea groups is 1. The summed E-state index contributed by atoms with van der Waals surface area (Å²) in [6.45, 7) is 2.56. The monoisotopic (exact) mass is 414 g/mol. The van der Waals surface area contributed by atoms with Crippen LogP contribution in [0.4, 0.5) is 10.5 Å². The molecule has 1 saturated heterocycles. The molecule has 8 heteroatoms. The number of nitrogens with one attached hydrogen (secondary N) is 1. The number of nitrogens with zero attached hydrogens (tertiary/aromatic N) is 1. The third kappa shape index (κ3) is 4.41. The molecule has 150 valence electrons. The molecule has 1 aliphatic heterocycles. The molecule has 2 aromatic carbocycles. The molecule has 29 heavy (non-hydrogen) atoms. The van der Waals surface area contributed by atoms with Gasteiger partial charge in [-0.2, -0.15) is 0 Å². The van der Waals surface area contributed by atoms with E-state index < -0.39 is 17.8 Å². The van der Waals surface area contributed by atoms with Crippen LogP contribution >= 0.6 is 11.6 Å². The molecule has 0 unspecified atom stereocenters. The van der Waals surface area contributed by atoms with Gasteiger partial charge in [0.25, 0.3) is 11.8 Å². The highest BCUT2D eigenvalue weighted by Crippen LogP contribution is 2.28. The third-order valence-electron chi connectivity index (χ3n) is 4.16. The van der Waals surface area contributed by atoms with Crippen LogP contribution in [0.25, 0.3) is 6.08 Å². The first kappa shape index (κ1) is 20.4. The molecule has 0 atom stereocenters. The summed E-state index contributed by atoms with van der Waals surface area (Å²) in [6.07, 6.45) is 2.24. The van der Waals surface area contributed by atoms with E-state index >= 15 is 0 Å². The molecule has 2 aromatic rings. The highest BCUT2D eigenvalue weighted by molar-refractivity contribution is 6.39. The number of carbonyl (C=O) groups excluding carboxylic acids is 3. The summed E-state index contributed by atoms with van der Waals surface area (Å²) in [7, 11) is 1.49. The summed E-state index contributed by atoms with van der Waals surface area (Å²) in [6, 6.07) is 10.5. The average molecular weight is 415 g/mol. The van der Waals surface area contributed by atoms with E-state index in [4.69, 9.17) is 21.1 Å². The number of amides is 4. The number of halogens is 1. The molecule has 3 rings (SSSR count). The molecule has 7 nitrogen and oxygen atoms in total. The zero-order chi connectivity index (χ0) is 21.0. The quantitative estimate of drug-likeness (QED) is 0.574. The second kappa shape index (κ2) is 8.79. The van der Waals surface area contributed by atoms with Crippen LogP contribution in [0, 0.1) is 0 Å². The van der Waals surface area contributed by atoms with Crippen LogP contribution in [0.3, 0.4) is 0 Å². The molecular formula is C21H19ClN2O5. The normalized spacial score (nSPS) is 15.5. The number of barbiturate groups is 1. The molecule has 4 amide bonds. The number of anilines is 1. The molecule has 0 spiro atoms. The van der Waals surface area contributed by atoms with Crippen LogP contribution < -0.4 is 19.7 Å². The maximum atomic E-state index is 12.9. The van der Waals surface area contributed by atoms with Gasteiger partial charge in [-0.05, 0) is 54.5 Å². The standard InChI is InChI=1S/C21H19ClN2O5/c1-3-10-29-15-7-5-14(6-8-15)24-20(26)16(19(25)23-21(24)27)11-13-4-9-18(28-2)17(22)12-13/h4-9,11-12H,3,10H2,1-2H3,(H,23,25,27)/b16-11-. The fourth-order valence-corrected chi connectivity index (χ4v) is 3.01. The number of hydrogen-bond donors (Lipinski definition) is 1. The smallest absolute Gasteiger partial charge is 0.335 e. The highest BCUT2D eigenvalue weighted by Gasteiger charge is 2.36. The predicted octanol–water partition coefficient (Wildman–Crippen LogP) is 3.80. The van der Waals surface area contributed by atoms with E-state index in [0.29, 0.717) is 34.4 Å². The molecule has 0 aliphatic carbocycles. The Labute approximate surface area is 172 Å². The van der Waals surface area contributed by atoms with Gasteiger partial charge in [-0.15, -0.1) is 0 Å². The minimum absolute atomic E-state index is 0.183. The van der Waals surface area contributed by atoms with Crippen LogP contribution in [0.5, 0.6) is 11.5 Å². The number of hydrogen-bond acceptors (Lipinski definition) is 5. The van der Waals surface area contributed by atoms with Crippen molar-refractivity contribution in [2.45, 2.75) is 13.3 Å². The molecule has 0 saturated carbocycles. The van der Waals surface area contributed by atoms with Gasteiger partial charge in [-0.3, -0.25) is 14.9 Å². The Bertz CT molecular complexity index is 985. The van der Waals surface area contributed by atoms with Gasteiger partial charge >= 0.3 is 6.03 Å². The van der Waals surface area contributed by atoms with Crippen LogP contribution in [0.2, 0.25) is 5.02 Å². The van der Waals surface area contributed by atoms with Crippen molar-refractivity contribution >= 4 is 41.2 Å². The minimum Gasteiger partial charge on any atom is -0.495 e. The zero-order valence-corrected chi connectivity index (χ0v) is 16.7. The number of benzene rings is 2. The molecule has 1 heterocycles. The van der Waals surface area contributed by atoms with Gasteiger partial charge in [0.05, 0.1) is 24.4 Å². The van der Waals surface area contributed by atoms with Crippen molar-refractivity contribution in [2.75, 3.05) is 18.6 Å². The number of ether oxygens (including phenoxy) is 2. The lowest BCUT2D eigenvalue weighted by molar-refractivity contribution is -0.122. The first-order valence-electron chi connectivity index (χ1n) is 8.92. The van der Waals surface area contributed by atoms with E-state index in [1.807, 2.05) is 6.92 Å². The molecule has 1 fully saturated rings. The molecule has 0 aromatic heterocycles. The summed E-state index contributed by atoms with van der Waals surface area (Å²) in [5.41, 5.74) is 0.659. The number of methoxy groups -OCH3 is 1. The fraction of sp³-hybridized carbons (Fsp3) is 0.190. The van der Waals surface area contributed by atoms with E-state index in [9.17, 15) is 14.4 Å². The van der Waals surface area contributed by atoms with Crippen molar-refractivity contribution < 1.29 is 23.9 Å². The maximum Gasteiger partial charge on any atom is 0.335 e. The predicted molar refractivity (Wildman–Crippen MR) is 109 cm³/mol. The van der Waals surface area contributed by atoms with E-state index in [1.54, 1.807) is 42.5 Å². The first-order valence-corrected chi connectivity index (χ1v) is 9.30. The third-order valence-corrected chi connectivity index (χ3v) is 4.45. The SMILES string of the molecule is CCCOc1ccc(N2C(=O)NC(=O)/C(=C/c3ccc(OC)c(Cl)c3)C2=O)cc1. The summed E-state index contributed by atoms with van der Waals surface area (Å²) >= 11 is 6.10. The Kier molecular flexibility index (Phi) is 6.19. The van der Waals surface area contributed by atoms with Crippen LogP contribution in [-0.2, 0) is 9.59 Å². The van der Waals surface area contributed by atoms with Gasteiger partial charge < -0.3 is 9.47 Å². The molecule has 1 aliphatic rings. The molecule has 0 bridgehead atoms. The second-order valence-corrected chi connectivity index (χ2v) is 6.60. The fourth-order valence-electron chi connectivity index (χ4n) is 2.74. The second-order valence-electron chi connectivity index (χ2n) is 6.19. The van der Waals surface area contributed by atoms with Gasteiger partial charge in [0.15, 0.2) is 0 Å². The van der Waals surface area contributed by atoms with Crippen molar-refractivity contribution in [3.05, 3.63) is 58.6 Å². The zero-order valence-electron chi connectivity index (χ0n) is 15.9.